The van der Waals surface area contributed by atoms with Gasteiger partial charge in [-0.05, 0) is 29.8 Å². The second-order valence-corrected chi connectivity index (χ2v) is 7.94. The fourth-order valence-corrected chi connectivity index (χ4v) is 4.16. The Bertz CT molecular complexity index is 1180. The predicted molar refractivity (Wildman–Crippen MR) is 117 cm³/mol. The van der Waals surface area contributed by atoms with Crippen LogP contribution in [0.2, 0.25) is 0 Å². The lowest BCUT2D eigenvalue weighted by Gasteiger charge is -2.36. The van der Waals surface area contributed by atoms with Crippen LogP contribution in [0.5, 0.6) is 0 Å². The number of anilines is 1. The Kier molecular flexibility index (Phi) is 5.13. The Morgan fingerprint density at radius 3 is 2.62 bits per heavy atom. The average molecular weight is 441 g/mol. The van der Waals surface area contributed by atoms with Crippen molar-refractivity contribution in [1.82, 2.24) is 19.9 Å². The van der Waals surface area contributed by atoms with Crippen molar-refractivity contribution in [2.75, 3.05) is 44.2 Å². The molecule has 5 rings (SSSR count). The van der Waals surface area contributed by atoms with Gasteiger partial charge >= 0.3 is 6.18 Å². The van der Waals surface area contributed by atoms with E-state index in [-0.39, 0.29) is 0 Å². The van der Waals surface area contributed by atoms with Crippen molar-refractivity contribution >= 4 is 28.6 Å². The highest BCUT2D eigenvalue weighted by molar-refractivity contribution is 5.88. The third-order valence-electron chi connectivity index (χ3n) is 6.01. The first-order chi connectivity index (χ1) is 15.4. The fraction of sp³-hybridized carbons (Fsp3) is 0.304. The molecule has 0 atom stereocenters. The largest absolute Gasteiger partial charge is 0.433 e. The molecule has 3 aromatic rings. The second-order valence-electron chi connectivity index (χ2n) is 7.94. The van der Waals surface area contributed by atoms with Crippen LogP contribution >= 0.6 is 0 Å². The highest BCUT2D eigenvalue weighted by atomic mass is 19.4. The van der Waals surface area contributed by atoms with Gasteiger partial charge in [-0.1, -0.05) is 23.9 Å². The van der Waals surface area contributed by atoms with E-state index in [1.165, 1.54) is 6.20 Å². The van der Waals surface area contributed by atoms with Crippen LogP contribution in [0, 0.1) is 0 Å². The number of piperazine rings is 1. The topological polar surface area (TPSA) is 48.6 Å². The number of hydrogen-bond donors (Lipinski definition) is 0. The Labute approximate surface area is 183 Å². The molecule has 9 heteroatoms. The molecular weight excluding hydrogens is 419 g/mol. The number of para-hydroxylation sites is 1. The van der Waals surface area contributed by atoms with E-state index in [9.17, 15) is 13.2 Å². The number of fused-ring (bicyclic) bond motifs is 2. The lowest BCUT2D eigenvalue weighted by Crippen LogP contribution is -2.48. The van der Waals surface area contributed by atoms with Crippen molar-refractivity contribution in [3.8, 4) is 0 Å². The van der Waals surface area contributed by atoms with Crippen molar-refractivity contribution in [2.45, 2.75) is 6.18 Å². The number of rotatable bonds is 4. The zero-order valence-corrected chi connectivity index (χ0v) is 17.3. The maximum Gasteiger partial charge on any atom is 0.433 e. The summed E-state index contributed by atoms with van der Waals surface area (Å²) < 4.78 is 44.2. The van der Waals surface area contributed by atoms with Gasteiger partial charge in [-0.3, -0.25) is 9.88 Å². The summed E-state index contributed by atoms with van der Waals surface area (Å²) in [5.41, 5.74) is 1.68. The van der Waals surface area contributed by atoms with Gasteiger partial charge in [-0.25, -0.2) is 0 Å². The monoisotopic (exact) mass is 441 g/mol. The van der Waals surface area contributed by atoms with E-state index in [2.05, 4.69) is 26.5 Å². The van der Waals surface area contributed by atoms with Crippen molar-refractivity contribution < 1.29 is 17.7 Å². The lowest BCUT2D eigenvalue weighted by atomic mass is 10.0. The summed E-state index contributed by atoms with van der Waals surface area (Å²) in [7, 11) is 0. The van der Waals surface area contributed by atoms with Gasteiger partial charge in [-0.2, -0.15) is 13.2 Å². The highest BCUT2D eigenvalue weighted by Crippen LogP contribution is 2.33. The van der Waals surface area contributed by atoms with E-state index in [0.29, 0.717) is 23.4 Å². The molecule has 2 aliphatic rings. The van der Waals surface area contributed by atoms with Gasteiger partial charge in [-0.15, -0.1) is 0 Å². The van der Waals surface area contributed by atoms with Crippen molar-refractivity contribution in [3.63, 3.8) is 0 Å². The van der Waals surface area contributed by atoms with Crippen molar-refractivity contribution in [2.24, 2.45) is 0 Å². The molecule has 0 bridgehead atoms. The summed E-state index contributed by atoms with van der Waals surface area (Å²) >= 11 is 0. The van der Waals surface area contributed by atoms with Gasteiger partial charge < -0.3 is 14.3 Å². The number of benzene rings is 1. The van der Waals surface area contributed by atoms with Crippen LogP contribution in [-0.2, 0) is 6.18 Å². The van der Waals surface area contributed by atoms with Gasteiger partial charge in [0.1, 0.15) is 5.69 Å². The zero-order chi connectivity index (χ0) is 22.3. The summed E-state index contributed by atoms with van der Waals surface area (Å²) in [6, 6.07) is 8.92. The number of pyridine rings is 1. The first-order valence-electron chi connectivity index (χ1n) is 10.4. The van der Waals surface area contributed by atoms with Gasteiger partial charge in [0.05, 0.1) is 5.39 Å². The number of halogens is 3. The Balaban J connectivity index is 1.18. The Morgan fingerprint density at radius 2 is 1.84 bits per heavy atom. The smallest absolute Gasteiger partial charge is 0.354 e. The molecule has 166 valence electrons. The Hall–Kier alpha value is -3.33. The SMILES string of the molecule is C=C1c2cnc(C(F)(F)F)cc2C=CN1CCN1CCN(c2noc3ccccc23)CC1. The molecular formula is C23H22F3N5O. The lowest BCUT2D eigenvalue weighted by molar-refractivity contribution is -0.141. The van der Waals surface area contributed by atoms with Crippen LogP contribution in [0.4, 0.5) is 19.0 Å². The number of nitrogens with zero attached hydrogens (tertiary/aromatic N) is 5. The average Bonchev–Trinajstić information content (AvgIpc) is 3.22. The third kappa shape index (κ3) is 3.84. The van der Waals surface area contributed by atoms with Crippen LogP contribution < -0.4 is 4.90 Å². The van der Waals surface area contributed by atoms with Gasteiger partial charge in [0.15, 0.2) is 11.4 Å². The molecule has 1 aromatic carbocycles. The molecule has 0 spiro atoms. The molecule has 2 aliphatic heterocycles. The van der Waals surface area contributed by atoms with E-state index in [0.717, 1.165) is 55.6 Å². The summed E-state index contributed by atoms with van der Waals surface area (Å²) in [6.45, 7) is 9.06. The van der Waals surface area contributed by atoms with Crippen LogP contribution in [0.1, 0.15) is 16.8 Å². The minimum absolute atomic E-state index is 0.488. The van der Waals surface area contributed by atoms with Crippen molar-refractivity contribution in [3.05, 3.63) is 66.1 Å². The molecule has 0 N–H and O–H groups in total. The molecule has 2 aromatic heterocycles. The maximum atomic E-state index is 12.9. The van der Waals surface area contributed by atoms with Crippen molar-refractivity contribution in [1.29, 1.82) is 0 Å². The summed E-state index contributed by atoms with van der Waals surface area (Å²) in [6.07, 6.45) is 0.289. The normalized spacial score (nSPS) is 17.3. The molecule has 1 fully saturated rings. The molecule has 32 heavy (non-hydrogen) atoms. The van der Waals surface area contributed by atoms with Gasteiger partial charge in [0.25, 0.3) is 0 Å². The fourth-order valence-electron chi connectivity index (χ4n) is 4.16. The van der Waals surface area contributed by atoms with Crippen LogP contribution in [0.3, 0.4) is 0 Å². The molecule has 0 amide bonds. The number of alkyl halides is 3. The minimum Gasteiger partial charge on any atom is -0.354 e. The quantitative estimate of drug-likeness (QED) is 0.601. The highest BCUT2D eigenvalue weighted by Gasteiger charge is 2.33. The first-order valence-corrected chi connectivity index (χ1v) is 10.4. The van der Waals surface area contributed by atoms with E-state index < -0.39 is 11.9 Å². The van der Waals surface area contributed by atoms with Crippen LogP contribution in [-0.4, -0.2) is 59.2 Å². The molecule has 0 unspecified atom stereocenters. The molecule has 0 radical (unpaired) electrons. The summed E-state index contributed by atoms with van der Waals surface area (Å²) in [4.78, 5) is 10.1. The molecule has 0 aliphatic carbocycles. The number of hydrogen-bond acceptors (Lipinski definition) is 6. The van der Waals surface area contributed by atoms with Gasteiger partial charge in [0, 0.05) is 62.9 Å². The van der Waals surface area contributed by atoms with Crippen LogP contribution in [0.15, 0.2) is 53.8 Å². The summed E-state index contributed by atoms with van der Waals surface area (Å²) in [5, 5.41) is 5.27. The van der Waals surface area contributed by atoms with E-state index >= 15 is 0 Å². The minimum atomic E-state index is -4.46. The Morgan fingerprint density at radius 1 is 1.06 bits per heavy atom. The van der Waals surface area contributed by atoms with Crippen LogP contribution in [0.25, 0.3) is 22.7 Å². The zero-order valence-electron chi connectivity index (χ0n) is 17.3. The molecule has 1 saturated heterocycles. The standard InChI is InChI=1S/C23H22F3N5O/c1-16-19-15-27-21(23(24,25)26)14-17(19)6-7-30(16)11-8-29-9-12-31(13-10-29)22-18-4-2-3-5-20(18)32-28-22/h2-7,14-15H,1,8-13H2. The first kappa shape index (κ1) is 20.6. The molecule has 6 nitrogen and oxygen atoms in total. The summed E-state index contributed by atoms with van der Waals surface area (Å²) in [5.74, 6) is 0.884. The number of aromatic nitrogens is 2. The van der Waals surface area contributed by atoms with E-state index in [1.807, 2.05) is 29.2 Å². The molecule has 4 heterocycles. The maximum absolute atomic E-state index is 12.9. The third-order valence-corrected chi connectivity index (χ3v) is 6.01. The second kappa shape index (κ2) is 7.98. The van der Waals surface area contributed by atoms with E-state index in [1.54, 1.807) is 12.3 Å². The van der Waals surface area contributed by atoms with Gasteiger partial charge in [0.2, 0.25) is 0 Å². The predicted octanol–water partition coefficient (Wildman–Crippen LogP) is 4.32. The van der Waals surface area contributed by atoms with E-state index in [4.69, 9.17) is 4.52 Å². The molecule has 0 saturated carbocycles.